The predicted molar refractivity (Wildman–Crippen MR) is 70.0 cm³/mol. The Morgan fingerprint density at radius 1 is 1.14 bits per heavy atom. The van der Waals surface area contributed by atoms with Crippen LogP contribution in [0.1, 0.15) is 36.7 Å². The third-order valence-corrected chi connectivity index (χ3v) is 2.77. The number of carbonyl (C=O) groups excluding carboxylic acids is 2. The van der Waals surface area contributed by atoms with Crippen LogP contribution in [0.5, 0.6) is 0 Å². The molecule has 1 aromatic rings. The standard InChI is InChI=1S/C14H16F3NO4/c1-4-21-12(19)11(13(20)22-5-2)9-6-7-10(14(15,16)17)18-8(9)3/h6-7,11H,4-5H2,1-3H3. The molecule has 22 heavy (non-hydrogen) atoms. The molecule has 1 heterocycles. The second-order valence-corrected chi connectivity index (χ2v) is 4.31. The molecule has 0 saturated heterocycles. The van der Waals surface area contributed by atoms with E-state index in [0.717, 1.165) is 6.07 Å². The normalized spacial score (nSPS) is 11.4. The SMILES string of the molecule is CCOC(=O)C(C(=O)OCC)c1ccc(C(F)(F)F)nc1C. The molecule has 1 rings (SSSR count). The molecule has 0 saturated carbocycles. The van der Waals surface area contributed by atoms with Crippen LogP contribution in [0.4, 0.5) is 13.2 Å². The molecule has 0 aliphatic carbocycles. The van der Waals surface area contributed by atoms with Gasteiger partial charge in [0.1, 0.15) is 5.69 Å². The van der Waals surface area contributed by atoms with Crippen LogP contribution in [0.2, 0.25) is 0 Å². The minimum atomic E-state index is -4.60. The summed E-state index contributed by atoms with van der Waals surface area (Å²) in [4.78, 5) is 27.3. The fourth-order valence-corrected chi connectivity index (χ4v) is 1.84. The van der Waals surface area contributed by atoms with Gasteiger partial charge in [0.25, 0.3) is 0 Å². The van der Waals surface area contributed by atoms with Crippen LogP contribution in [0.3, 0.4) is 0 Å². The van der Waals surface area contributed by atoms with Crippen molar-refractivity contribution in [3.05, 3.63) is 29.1 Å². The summed E-state index contributed by atoms with van der Waals surface area (Å²) in [5.41, 5.74) is -1.15. The van der Waals surface area contributed by atoms with Crippen molar-refractivity contribution in [2.75, 3.05) is 13.2 Å². The Labute approximate surface area is 125 Å². The van der Waals surface area contributed by atoms with Crippen LogP contribution in [0.15, 0.2) is 12.1 Å². The van der Waals surface area contributed by atoms with Gasteiger partial charge in [-0.2, -0.15) is 13.2 Å². The first kappa shape index (κ1) is 17.9. The van der Waals surface area contributed by atoms with Crippen molar-refractivity contribution in [2.45, 2.75) is 32.9 Å². The second-order valence-electron chi connectivity index (χ2n) is 4.31. The minimum Gasteiger partial charge on any atom is -0.465 e. The largest absolute Gasteiger partial charge is 0.465 e. The summed E-state index contributed by atoms with van der Waals surface area (Å²) in [6.07, 6.45) is -4.60. The van der Waals surface area contributed by atoms with Gasteiger partial charge in [0, 0.05) is 5.69 Å². The maximum absolute atomic E-state index is 12.6. The molecule has 0 unspecified atom stereocenters. The molecule has 0 fully saturated rings. The summed E-state index contributed by atoms with van der Waals surface area (Å²) < 4.78 is 47.4. The third-order valence-electron chi connectivity index (χ3n) is 2.77. The molecule has 1 aromatic heterocycles. The van der Waals surface area contributed by atoms with Crippen molar-refractivity contribution in [1.29, 1.82) is 0 Å². The maximum Gasteiger partial charge on any atom is 0.433 e. The van der Waals surface area contributed by atoms with Crippen LogP contribution in [0.25, 0.3) is 0 Å². The highest BCUT2D eigenvalue weighted by Crippen LogP contribution is 2.30. The van der Waals surface area contributed by atoms with Gasteiger partial charge in [-0.15, -0.1) is 0 Å². The molecule has 0 amide bonds. The number of hydrogen-bond acceptors (Lipinski definition) is 5. The number of esters is 2. The average molecular weight is 319 g/mol. The van der Waals surface area contributed by atoms with E-state index in [-0.39, 0.29) is 24.5 Å². The Balaban J connectivity index is 3.25. The predicted octanol–water partition coefficient (Wildman–Crippen LogP) is 2.62. The van der Waals surface area contributed by atoms with Gasteiger partial charge in [0.15, 0.2) is 5.92 Å². The smallest absolute Gasteiger partial charge is 0.433 e. The van der Waals surface area contributed by atoms with Gasteiger partial charge in [0.2, 0.25) is 0 Å². The molecule has 0 aliphatic rings. The molecule has 122 valence electrons. The zero-order chi connectivity index (χ0) is 16.9. The van der Waals surface area contributed by atoms with Gasteiger partial charge in [-0.25, -0.2) is 4.98 Å². The zero-order valence-electron chi connectivity index (χ0n) is 12.4. The van der Waals surface area contributed by atoms with Gasteiger partial charge < -0.3 is 9.47 Å². The number of rotatable bonds is 5. The number of aryl methyl sites for hydroxylation is 1. The molecule has 5 nitrogen and oxygen atoms in total. The van der Waals surface area contributed by atoms with Crippen LogP contribution in [-0.2, 0) is 25.2 Å². The lowest BCUT2D eigenvalue weighted by atomic mass is 9.97. The number of carbonyl (C=O) groups is 2. The van der Waals surface area contributed by atoms with Crippen molar-refractivity contribution in [2.24, 2.45) is 0 Å². The van der Waals surface area contributed by atoms with Crippen molar-refractivity contribution in [1.82, 2.24) is 4.98 Å². The molecule has 0 atom stereocenters. The van der Waals surface area contributed by atoms with Crippen LogP contribution in [0, 0.1) is 6.92 Å². The first-order chi connectivity index (χ1) is 10.2. The molecule has 0 aliphatic heterocycles. The number of pyridine rings is 1. The van der Waals surface area contributed by atoms with Crippen LogP contribution < -0.4 is 0 Å². The van der Waals surface area contributed by atoms with Crippen molar-refractivity contribution < 1.29 is 32.2 Å². The van der Waals surface area contributed by atoms with Crippen LogP contribution >= 0.6 is 0 Å². The van der Waals surface area contributed by atoms with E-state index >= 15 is 0 Å². The Bertz CT molecular complexity index is 540. The van der Waals surface area contributed by atoms with Crippen molar-refractivity contribution in [3.8, 4) is 0 Å². The van der Waals surface area contributed by atoms with Crippen LogP contribution in [-0.4, -0.2) is 30.1 Å². The monoisotopic (exact) mass is 319 g/mol. The highest BCUT2D eigenvalue weighted by Gasteiger charge is 2.36. The number of aromatic nitrogens is 1. The summed E-state index contributed by atoms with van der Waals surface area (Å²) in [6, 6.07) is 1.76. The summed E-state index contributed by atoms with van der Waals surface area (Å²) in [6.45, 7) is 4.45. The molecular weight excluding hydrogens is 303 g/mol. The van der Waals surface area contributed by atoms with E-state index in [2.05, 4.69) is 4.98 Å². The van der Waals surface area contributed by atoms with E-state index < -0.39 is 29.7 Å². The molecule has 0 spiro atoms. The lowest BCUT2D eigenvalue weighted by molar-refractivity contribution is -0.157. The third kappa shape index (κ3) is 4.19. The fourth-order valence-electron chi connectivity index (χ4n) is 1.84. The zero-order valence-corrected chi connectivity index (χ0v) is 12.4. The van der Waals surface area contributed by atoms with Gasteiger partial charge in [-0.3, -0.25) is 9.59 Å². The fraction of sp³-hybridized carbons (Fsp3) is 0.500. The first-order valence-corrected chi connectivity index (χ1v) is 6.60. The van der Waals surface area contributed by atoms with Crippen molar-refractivity contribution >= 4 is 11.9 Å². The van der Waals surface area contributed by atoms with Gasteiger partial charge in [0.05, 0.1) is 13.2 Å². The molecule has 8 heteroatoms. The van der Waals surface area contributed by atoms with E-state index in [0.29, 0.717) is 6.07 Å². The van der Waals surface area contributed by atoms with E-state index in [1.54, 1.807) is 13.8 Å². The topological polar surface area (TPSA) is 65.5 Å². The molecule has 0 aromatic carbocycles. The average Bonchev–Trinajstić information content (AvgIpc) is 2.40. The summed E-state index contributed by atoms with van der Waals surface area (Å²) >= 11 is 0. The highest BCUT2D eigenvalue weighted by molar-refractivity contribution is 6.01. The molecule has 0 N–H and O–H groups in total. The van der Waals surface area contributed by atoms with Gasteiger partial charge >= 0.3 is 18.1 Å². The van der Waals surface area contributed by atoms with E-state index in [9.17, 15) is 22.8 Å². The first-order valence-electron chi connectivity index (χ1n) is 6.60. The summed E-state index contributed by atoms with van der Waals surface area (Å²) in [5, 5.41) is 0. The number of ether oxygens (including phenoxy) is 2. The Morgan fingerprint density at radius 2 is 1.64 bits per heavy atom. The number of halogens is 3. The van der Waals surface area contributed by atoms with E-state index in [1.165, 1.54) is 6.92 Å². The van der Waals surface area contributed by atoms with E-state index in [4.69, 9.17) is 9.47 Å². The van der Waals surface area contributed by atoms with Gasteiger partial charge in [-0.05, 0) is 32.4 Å². The summed E-state index contributed by atoms with van der Waals surface area (Å²) in [5.74, 6) is -3.22. The number of nitrogens with zero attached hydrogens (tertiary/aromatic N) is 1. The summed E-state index contributed by atoms with van der Waals surface area (Å²) in [7, 11) is 0. The molecule has 0 bridgehead atoms. The lowest BCUT2D eigenvalue weighted by Gasteiger charge is -2.17. The van der Waals surface area contributed by atoms with Crippen molar-refractivity contribution in [3.63, 3.8) is 0 Å². The maximum atomic E-state index is 12.6. The molecule has 0 radical (unpaired) electrons. The van der Waals surface area contributed by atoms with Gasteiger partial charge in [-0.1, -0.05) is 6.07 Å². The quantitative estimate of drug-likeness (QED) is 0.616. The molecular formula is C14H16F3NO4. The highest BCUT2D eigenvalue weighted by atomic mass is 19.4. The Morgan fingerprint density at radius 3 is 2.00 bits per heavy atom. The lowest BCUT2D eigenvalue weighted by Crippen LogP contribution is -2.27. The van der Waals surface area contributed by atoms with E-state index in [1.807, 2.05) is 0 Å². The second kappa shape index (κ2) is 7.24. The minimum absolute atomic E-state index is 0.0296. The number of hydrogen-bond donors (Lipinski definition) is 0. The Hall–Kier alpha value is -2.12. The Kier molecular flexibility index (Phi) is 5.90. The number of alkyl halides is 3.